The van der Waals surface area contributed by atoms with Crippen LogP contribution in [0.2, 0.25) is 0 Å². The highest BCUT2D eigenvalue weighted by atomic mass is 16.6. The summed E-state index contributed by atoms with van der Waals surface area (Å²) in [5.41, 5.74) is 1.40. The van der Waals surface area contributed by atoms with Crippen molar-refractivity contribution in [3.63, 3.8) is 0 Å². The Bertz CT molecular complexity index is 308. The minimum atomic E-state index is 0.484. The number of hydrogen-bond acceptors (Lipinski definition) is 2. The summed E-state index contributed by atoms with van der Waals surface area (Å²) in [6.45, 7) is 11.7. The third-order valence-corrected chi connectivity index (χ3v) is 3.18. The molecular formula is C16H27NO. The van der Waals surface area contributed by atoms with Crippen LogP contribution in [0.4, 0.5) is 0 Å². The van der Waals surface area contributed by atoms with E-state index in [0.717, 1.165) is 19.7 Å². The summed E-state index contributed by atoms with van der Waals surface area (Å²) < 4.78 is 5.33. The van der Waals surface area contributed by atoms with E-state index in [4.69, 9.17) is 4.74 Å². The smallest absolute Gasteiger partial charge is 0.0936 e. The van der Waals surface area contributed by atoms with Crippen molar-refractivity contribution in [2.75, 3.05) is 19.7 Å². The standard InChI is InChI=1S/C14H21NO.C2H6/c1-3-9-15(10-14-11-16-14)12(2)13-7-5-4-6-8-13;1-2/h4-8,12,14H,3,9-11H2,1-2H3;1-2H3. The van der Waals surface area contributed by atoms with Crippen LogP contribution in [-0.4, -0.2) is 30.7 Å². The molecule has 2 rings (SSSR count). The predicted octanol–water partition coefficient (Wildman–Crippen LogP) is 3.88. The molecule has 1 heterocycles. The van der Waals surface area contributed by atoms with Crippen LogP contribution in [0, 0.1) is 0 Å². The third kappa shape index (κ3) is 4.79. The van der Waals surface area contributed by atoms with E-state index in [1.807, 2.05) is 13.8 Å². The molecule has 1 saturated heterocycles. The largest absolute Gasteiger partial charge is 0.372 e. The summed E-state index contributed by atoms with van der Waals surface area (Å²) in [5, 5.41) is 0. The lowest BCUT2D eigenvalue weighted by Crippen LogP contribution is -2.31. The number of rotatable bonds is 6. The van der Waals surface area contributed by atoms with Crippen molar-refractivity contribution in [2.45, 2.75) is 46.3 Å². The second kappa shape index (κ2) is 8.28. The minimum Gasteiger partial charge on any atom is -0.372 e. The number of epoxide rings is 1. The molecule has 0 amide bonds. The van der Waals surface area contributed by atoms with Crippen LogP contribution < -0.4 is 0 Å². The van der Waals surface area contributed by atoms with Crippen molar-refractivity contribution in [1.82, 2.24) is 4.90 Å². The van der Waals surface area contributed by atoms with E-state index < -0.39 is 0 Å². The Balaban J connectivity index is 0.000000771. The summed E-state index contributed by atoms with van der Waals surface area (Å²) in [4.78, 5) is 2.52. The molecule has 0 N–H and O–H groups in total. The molecule has 1 fully saturated rings. The van der Waals surface area contributed by atoms with Gasteiger partial charge in [-0.15, -0.1) is 0 Å². The Hall–Kier alpha value is -0.860. The quantitative estimate of drug-likeness (QED) is 0.711. The third-order valence-electron chi connectivity index (χ3n) is 3.18. The first-order chi connectivity index (χ1) is 8.81. The highest BCUT2D eigenvalue weighted by molar-refractivity contribution is 5.18. The maximum absolute atomic E-state index is 5.33. The molecule has 2 nitrogen and oxygen atoms in total. The summed E-state index contributed by atoms with van der Waals surface area (Å²) in [6.07, 6.45) is 1.68. The highest BCUT2D eigenvalue weighted by Gasteiger charge is 2.27. The Morgan fingerprint density at radius 2 is 1.89 bits per heavy atom. The van der Waals surface area contributed by atoms with Crippen molar-refractivity contribution in [3.05, 3.63) is 35.9 Å². The van der Waals surface area contributed by atoms with E-state index in [2.05, 4.69) is 49.1 Å². The van der Waals surface area contributed by atoms with Gasteiger partial charge in [-0.3, -0.25) is 4.90 Å². The van der Waals surface area contributed by atoms with Gasteiger partial charge < -0.3 is 4.74 Å². The average Bonchev–Trinajstić information content (AvgIpc) is 3.25. The molecule has 0 bridgehead atoms. The van der Waals surface area contributed by atoms with E-state index in [0.29, 0.717) is 12.1 Å². The molecule has 102 valence electrons. The number of ether oxygens (including phenoxy) is 1. The Kier molecular flexibility index (Phi) is 6.99. The molecule has 18 heavy (non-hydrogen) atoms. The van der Waals surface area contributed by atoms with Gasteiger partial charge in [0.25, 0.3) is 0 Å². The van der Waals surface area contributed by atoms with Crippen LogP contribution in [0.25, 0.3) is 0 Å². The molecule has 0 spiro atoms. The van der Waals surface area contributed by atoms with Gasteiger partial charge in [-0.2, -0.15) is 0 Å². The fourth-order valence-electron chi connectivity index (χ4n) is 2.11. The second-order valence-corrected chi connectivity index (χ2v) is 4.54. The van der Waals surface area contributed by atoms with Crippen LogP contribution in [-0.2, 0) is 4.74 Å². The average molecular weight is 249 g/mol. The lowest BCUT2D eigenvalue weighted by atomic mass is 10.1. The molecule has 2 unspecified atom stereocenters. The van der Waals surface area contributed by atoms with Gasteiger partial charge in [-0.1, -0.05) is 51.1 Å². The maximum atomic E-state index is 5.33. The number of hydrogen-bond donors (Lipinski definition) is 0. The van der Waals surface area contributed by atoms with E-state index in [9.17, 15) is 0 Å². The lowest BCUT2D eigenvalue weighted by molar-refractivity contribution is 0.190. The first kappa shape index (κ1) is 15.2. The van der Waals surface area contributed by atoms with Gasteiger partial charge in [0, 0.05) is 12.6 Å². The molecule has 2 heteroatoms. The fourth-order valence-corrected chi connectivity index (χ4v) is 2.11. The van der Waals surface area contributed by atoms with E-state index in [-0.39, 0.29) is 0 Å². The van der Waals surface area contributed by atoms with Crippen molar-refractivity contribution >= 4 is 0 Å². The zero-order valence-corrected chi connectivity index (χ0v) is 12.2. The monoisotopic (exact) mass is 249 g/mol. The zero-order chi connectivity index (χ0) is 13.4. The maximum Gasteiger partial charge on any atom is 0.0936 e. The van der Waals surface area contributed by atoms with Crippen molar-refractivity contribution in [2.24, 2.45) is 0 Å². The van der Waals surface area contributed by atoms with Crippen molar-refractivity contribution in [1.29, 1.82) is 0 Å². The van der Waals surface area contributed by atoms with Gasteiger partial charge >= 0.3 is 0 Å². The Labute approximate surface area is 112 Å². The van der Waals surface area contributed by atoms with Crippen LogP contribution >= 0.6 is 0 Å². The van der Waals surface area contributed by atoms with Crippen molar-refractivity contribution in [3.8, 4) is 0 Å². The van der Waals surface area contributed by atoms with E-state index in [1.165, 1.54) is 12.0 Å². The summed E-state index contributed by atoms with van der Waals surface area (Å²) in [7, 11) is 0. The van der Waals surface area contributed by atoms with Crippen LogP contribution in [0.3, 0.4) is 0 Å². The van der Waals surface area contributed by atoms with E-state index >= 15 is 0 Å². The normalized spacial score (nSPS) is 19.1. The first-order valence-electron chi connectivity index (χ1n) is 7.22. The topological polar surface area (TPSA) is 15.8 Å². The molecule has 0 aromatic heterocycles. The van der Waals surface area contributed by atoms with E-state index in [1.54, 1.807) is 0 Å². The second-order valence-electron chi connectivity index (χ2n) is 4.54. The Morgan fingerprint density at radius 3 is 2.39 bits per heavy atom. The minimum absolute atomic E-state index is 0.484. The summed E-state index contributed by atoms with van der Waals surface area (Å²) in [6, 6.07) is 11.2. The van der Waals surface area contributed by atoms with Crippen LogP contribution in [0.1, 0.15) is 45.7 Å². The van der Waals surface area contributed by atoms with Crippen LogP contribution in [0.5, 0.6) is 0 Å². The molecule has 1 aromatic carbocycles. The van der Waals surface area contributed by atoms with Gasteiger partial charge in [-0.25, -0.2) is 0 Å². The summed E-state index contributed by atoms with van der Waals surface area (Å²) >= 11 is 0. The molecule has 2 atom stereocenters. The molecule has 1 aromatic rings. The molecular weight excluding hydrogens is 222 g/mol. The molecule has 0 aliphatic carbocycles. The molecule has 0 saturated carbocycles. The predicted molar refractivity (Wildman–Crippen MR) is 77.8 cm³/mol. The number of nitrogens with zero attached hydrogens (tertiary/aromatic N) is 1. The molecule has 1 aliphatic rings. The fraction of sp³-hybridized carbons (Fsp3) is 0.625. The Morgan fingerprint density at radius 1 is 1.28 bits per heavy atom. The molecule has 0 radical (unpaired) electrons. The highest BCUT2D eigenvalue weighted by Crippen LogP contribution is 2.23. The van der Waals surface area contributed by atoms with Gasteiger partial charge in [0.15, 0.2) is 0 Å². The SMILES string of the molecule is CC.CCCN(CC1CO1)C(C)c1ccccc1. The lowest BCUT2D eigenvalue weighted by Gasteiger charge is -2.28. The van der Waals surface area contributed by atoms with Gasteiger partial charge in [-0.05, 0) is 25.5 Å². The van der Waals surface area contributed by atoms with Gasteiger partial charge in [0.2, 0.25) is 0 Å². The van der Waals surface area contributed by atoms with Gasteiger partial charge in [0.05, 0.1) is 12.7 Å². The zero-order valence-electron chi connectivity index (χ0n) is 12.2. The molecule has 1 aliphatic heterocycles. The summed E-state index contributed by atoms with van der Waals surface area (Å²) in [5.74, 6) is 0. The van der Waals surface area contributed by atoms with Crippen LogP contribution in [0.15, 0.2) is 30.3 Å². The first-order valence-corrected chi connectivity index (χ1v) is 7.22. The number of benzene rings is 1. The van der Waals surface area contributed by atoms with Crippen molar-refractivity contribution < 1.29 is 4.74 Å². The van der Waals surface area contributed by atoms with Gasteiger partial charge in [0.1, 0.15) is 0 Å².